The van der Waals surface area contributed by atoms with Crippen molar-refractivity contribution in [1.82, 2.24) is 0 Å². The van der Waals surface area contributed by atoms with Crippen molar-refractivity contribution in [1.29, 1.82) is 0 Å². The molecule has 0 N–H and O–H groups in total. The molecule has 170 valence electrons. The molecule has 0 saturated carbocycles. The Morgan fingerprint density at radius 1 is 0.690 bits per heavy atom. The van der Waals surface area contributed by atoms with Crippen LogP contribution in [0.4, 0.5) is 9.59 Å². The van der Waals surface area contributed by atoms with Crippen molar-refractivity contribution in [2.24, 2.45) is 5.92 Å². The second-order valence-electron chi connectivity index (χ2n) is 5.60. The number of halogens is 1. The Kier molecular flexibility index (Phi) is 19.1. The molecule has 0 aliphatic carbocycles. The fraction of sp³-hybridized carbons (Fsp3) is 0.778. The maximum Gasteiger partial charge on any atom is 0.508 e. The summed E-state index contributed by atoms with van der Waals surface area (Å²) in [7, 11) is 0. The van der Waals surface area contributed by atoms with Crippen LogP contribution in [0.25, 0.3) is 0 Å². The molecule has 11 heteroatoms. The lowest BCUT2D eigenvalue weighted by molar-refractivity contribution is -0.149. The average Bonchev–Trinajstić information content (AvgIpc) is 2.66. The summed E-state index contributed by atoms with van der Waals surface area (Å²) < 4.78 is 28.4. The number of unbranched alkanes of at least 4 members (excludes halogenated alkanes) is 1. The van der Waals surface area contributed by atoms with Crippen molar-refractivity contribution in [3.05, 3.63) is 0 Å². The summed E-state index contributed by atoms with van der Waals surface area (Å²) >= 11 is 0. The summed E-state index contributed by atoms with van der Waals surface area (Å²) in [5, 5.41) is 0. The van der Waals surface area contributed by atoms with Gasteiger partial charge in [-0.15, -0.1) is 12.4 Å². The van der Waals surface area contributed by atoms with Crippen molar-refractivity contribution in [3.8, 4) is 0 Å². The number of carbonyl (C=O) groups is 4. The van der Waals surface area contributed by atoms with Crippen LogP contribution in [0.3, 0.4) is 0 Å². The third kappa shape index (κ3) is 17.6. The maximum absolute atomic E-state index is 11.8. The lowest BCUT2D eigenvalue weighted by Gasteiger charge is -2.11. The minimum Gasteiger partial charge on any atom is -0.462 e. The van der Waals surface area contributed by atoms with Gasteiger partial charge >= 0.3 is 24.2 Å². The molecule has 0 fully saturated rings. The molecule has 0 rings (SSSR count). The summed E-state index contributed by atoms with van der Waals surface area (Å²) in [6.45, 7) is 5.26. The van der Waals surface area contributed by atoms with Gasteiger partial charge in [0.05, 0.1) is 19.1 Å². The molecule has 0 radical (unpaired) electrons. The topological polar surface area (TPSA) is 124 Å². The summed E-state index contributed by atoms with van der Waals surface area (Å²) in [4.78, 5) is 45.2. The molecule has 0 aromatic carbocycles. The van der Waals surface area contributed by atoms with E-state index in [0.29, 0.717) is 19.3 Å². The van der Waals surface area contributed by atoms with Gasteiger partial charge in [-0.1, -0.05) is 13.3 Å². The first-order valence-electron chi connectivity index (χ1n) is 9.32. The van der Waals surface area contributed by atoms with E-state index >= 15 is 0 Å². The Morgan fingerprint density at radius 3 is 1.69 bits per heavy atom. The van der Waals surface area contributed by atoms with Crippen LogP contribution in [-0.2, 0) is 38.0 Å². The van der Waals surface area contributed by atoms with E-state index in [-0.39, 0.29) is 64.4 Å². The highest BCUT2D eigenvalue weighted by atomic mass is 35.5. The largest absolute Gasteiger partial charge is 0.508 e. The van der Waals surface area contributed by atoms with E-state index in [0.717, 1.165) is 0 Å². The Morgan fingerprint density at radius 2 is 1.17 bits per heavy atom. The highest BCUT2D eigenvalue weighted by Gasteiger charge is 2.15. The number of esters is 2. The van der Waals surface area contributed by atoms with E-state index in [2.05, 4.69) is 18.9 Å². The van der Waals surface area contributed by atoms with Crippen molar-refractivity contribution in [3.63, 3.8) is 0 Å². The molecule has 1 unspecified atom stereocenters. The van der Waals surface area contributed by atoms with Crippen LogP contribution in [0.2, 0.25) is 0 Å². The third-order valence-electron chi connectivity index (χ3n) is 3.31. The molecule has 0 aromatic heterocycles. The summed E-state index contributed by atoms with van der Waals surface area (Å²) in [6, 6.07) is 0. The van der Waals surface area contributed by atoms with Crippen LogP contribution in [0.5, 0.6) is 0 Å². The van der Waals surface area contributed by atoms with Gasteiger partial charge in [0.15, 0.2) is 0 Å². The van der Waals surface area contributed by atoms with Crippen LogP contribution < -0.4 is 0 Å². The molecule has 0 aromatic rings. The van der Waals surface area contributed by atoms with Crippen LogP contribution in [0.15, 0.2) is 0 Å². The van der Waals surface area contributed by atoms with Crippen molar-refractivity contribution < 1.29 is 47.6 Å². The predicted molar refractivity (Wildman–Crippen MR) is 103 cm³/mol. The molecule has 0 amide bonds. The SMILES string of the molecule is CCOC(=O)OCCOC(=O)CCCCC(C)C(=O)OCCOC(=O)OCC.Cl. The fourth-order valence-electron chi connectivity index (χ4n) is 1.92. The monoisotopic (exact) mass is 442 g/mol. The predicted octanol–water partition coefficient (Wildman–Crippen LogP) is 3.04. The Hall–Kier alpha value is -2.23. The van der Waals surface area contributed by atoms with E-state index < -0.39 is 24.2 Å². The standard InChI is InChI=1S/C18H30O10.ClH/c1-4-23-17(21)27-12-10-25-15(19)9-7-6-8-14(3)16(20)26-11-13-28-18(22)24-5-2;/h14H,4-13H2,1-3H3;1H. The molecule has 0 spiro atoms. The number of hydrogen-bond donors (Lipinski definition) is 0. The molecule has 0 heterocycles. The van der Waals surface area contributed by atoms with E-state index in [1.165, 1.54) is 0 Å². The maximum atomic E-state index is 11.8. The molecular weight excluding hydrogens is 412 g/mol. The van der Waals surface area contributed by atoms with Crippen molar-refractivity contribution in [2.75, 3.05) is 39.6 Å². The van der Waals surface area contributed by atoms with E-state index in [1.54, 1.807) is 20.8 Å². The minimum absolute atomic E-state index is 0. The summed E-state index contributed by atoms with van der Waals surface area (Å²) in [6.07, 6.45) is 0.356. The second-order valence-corrected chi connectivity index (χ2v) is 5.60. The summed E-state index contributed by atoms with van der Waals surface area (Å²) in [5.74, 6) is -1.14. The zero-order chi connectivity index (χ0) is 21.2. The zero-order valence-electron chi connectivity index (χ0n) is 17.1. The smallest absolute Gasteiger partial charge is 0.462 e. The molecule has 0 bridgehead atoms. The van der Waals surface area contributed by atoms with Gasteiger partial charge < -0.3 is 28.4 Å². The normalized spacial score (nSPS) is 10.7. The van der Waals surface area contributed by atoms with Crippen molar-refractivity contribution >= 4 is 36.7 Å². The molecule has 0 aliphatic heterocycles. The highest BCUT2D eigenvalue weighted by molar-refractivity contribution is 5.85. The lowest BCUT2D eigenvalue weighted by atomic mass is 10.0. The first-order valence-corrected chi connectivity index (χ1v) is 9.32. The number of ether oxygens (including phenoxy) is 6. The van der Waals surface area contributed by atoms with Gasteiger partial charge in [0.1, 0.15) is 26.4 Å². The lowest BCUT2D eigenvalue weighted by Crippen LogP contribution is -2.19. The highest BCUT2D eigenvalue weighted by Crippen LogP contribution is 2.11. The molecule has 29 heavy (non-hydrogen) atoms. The molecular formula is C18H31ClO10. The molecule has 0 saturated heterocycles. The van der Waals surface area contributed by atoms with Crippen molar-refractivity contribution in [2.45, 2.75) is 46.5 Å². The van der Waals surface area contributed by atoms with Crippen LogP contribution >= 0.6 is 12.4 Å². The third-order valence-corrected chi connectivity index (χ3v) is 3.31. The quantitative estimate of drug-likeness (QED) is 0.225. The molecule has 0 aliphatic rings. The van der Waals surface area contributed by atoms with Gasteiger partial charge in [-0.3, -0.25) is 9.59 Å². The Balaban J connectivity index is 0. The van der Waals surface area contributed by atoms with Gasteiger partial charge in [0.2, 0.25) is 0 Å². The summed E-state index contributed by atoms with van der Waals surface area (Å²) in [5.41, 5.74) is 0. The van der Waals surface area contributed by atoms with Gasteiger partial charge in [-0.05, 0) is 26.7 Å². The van der Waals surface area contributed by atoms with Gasteiger partial charge in [-0.25, -0.2) is 9.59 Å². The fourth-order valence-corrected chi connectivity index (χ4v) is 1.92. The molecule has 1 atom stereocenters. The Labute approximate surface area is 176 Å². The van der Waals surface area contributed by atoms with Crippen LogP contribution in [0.1, 0.15) is 46.5 Å². The Bertz CT molecular complexity index is 483. The number of hydrogen-bond acceptors (Lipinski definition) is 10. The molecule has 10 nitrogen and oxygen atoms in total. The minimum atomic E-state index is -0.800. The van der Waals surface area contributed by atoms with E-state index in [9.17, 15) is 19.2 Å². The zero-order valence-corrected chi connectivity index (χ0v) is 18.0. The van der Waals surface area contributed by atoms with Gasteiger partial charge in [0, 0.05) is 6.42 Å². The number of rotatable bonds is 14. The second kappa shape index (κ2) is 19.1. The first kappa shape index (κ1) is 29.0. The van der Waals surface area contributed by atoms with E-state index in [1.807, 2.05) is 0 Å². The average molecular weight is 443 g/mol. The van der Waals surface area contributed by atoms with Gasteiger partial charge in [0.25, 0.3) is 0 Å². The van der Waals surface area contributed by atoms with E-state index in [4.69, 9.17) is 9.47 Å². The van der Waals surface area contributed by atoms with Crippen LogP contribution in [0, 0.1) is 5.92 Å². The first-order chi connectivity index (χ1) is 13.4. The van der Waals surface area contributed by atoms with Gasteiger partial charge in [-0.2, -0.15) is 0 Å². The van der Waals surface area contributed by atoms with Crippen LogP contribution in [-0.4, -0.2) is 63.9 Å². The number of carbonyl (C=O) groups excluding carboxylic acids is 4.